The largest absolute Gasteiger partial charge is 0.302 e. The predicted molar refractivity (Wildman–Crippen MR) is 97.2 cm³/mol. The molecule has 1 amide bonds. The van der Waals surface area contributed by atoms with Gasteiger partial charge < -0.3 is 5.32 Å². The number of thiazole rings is 1. The van der Waals surface area contributed by atoms with Crippen LogP contribution in [0.5, 0.6) is 0 Å². The molecule has 6 heteroatoms. The molecule has 124 valence electrons. The van der Waals surface area contributed by atoms with Gasteiger partial charge in [-0.3, -0.25) is 4.79 Å². The minimum Gasteiger partial charge on any atom is -0.302 e. The lowest BCUT2D eigenvalue weighted by Gasteiger charge is -2.01. The quantitative estimate of drug-likeness (QED) is 0.651. The number of rotatable bonds is 7. The van der Waals surface area contributed by atoms with Crippen molar-refractivity contribution < 1.29 is 9.18 Å². The Morgan fingerprint density at radius 1 is 1.17 bits per heavy atom. The van der Waals surface area contributed by atoms with Crippen LogP contribution >= 0.6 is 22.7 Å². The van der Waals surface area contributed by atoms with Crippen molar-refractivity contribution >= 4 is 33.7 Å². The van der Waals surface area contributed by atoms with E-state index in [-0.39, 0.29) is 11.7 Å². The number of hydrogen-bond donors (Lipinski definition) is 1. The highest BCUT2D eigenvalue weighted by Gasteiger charge is 2.08. The molecule has 3 rings (SSSR count). The fourth-order valence-corrected chi connectivity index (χ4v) is 3.92. The third kappa shape index (κ3) is 4.97. The van der Waals surface area contributed by atoms with Crippen LogP contribution in [0.1, 0.15) is 28.2 Å². The van der Waals surface area contributed by atoms with Gasteiger partial charge in [0.25, 0.3) is 0 Å². The van der Waals surface area contributed by atoms with Crippen molar-refractivity contribution in [2.45, 2.75) is 25.7 Å². The molecule has 0 radical (unpaired) electrons. The standard InChI is InChI=1S/C18H17FN2OS2/c19-14-8-6-13(7-9-14)11-16-12-20-18(24-16)21-17(22)5-1-3-15-4-2-10-23-15/h2,4,6-10,12H,1,3,5,11H2,(H,20,21,22). The predicted octanol–water partition coefficient (Wildman–Crippen LogP) is 4.90. The van der Waals surface area contributed by atoms with E-state index in [2.05, 4.69) is 16.4 Å². The highest BCUT2D eigenvalue weighted by molar-refractivity contribution is 7.15. The fourth-order valence-electron chi connectivity index (χ4n) is 2.31. The molecule has 0 saturated carbocycles. The Balaban J connectivity index is 1.46. The van der Waals surface area contributed by atoms with Crippen LogP contribution in [0, 0.1) is 5.82 Å². The average molecular weight is 360 g/mol. The summed E-state index contributed by atoms with van der Waals surface area (Å²) in [6.45, 7) is 0. The van der Waals surface area contributed by atoms with Gasteiger partial charge in [-0.15, -0.1) is 22.7 Å². The average Bonchev–Trinajstić information content (AvgIpc) is 3.22. The van der Waals surface area contributed by atoms with E-state index < -0.39 is 0 Å². The van der Waals surface area contributed by atoms with Crippen LogP contribution < -0.4 is 5.32 Å². The maximum Gasteiger partial charge on any atom is 0.226 e. The third-order valence-electron chi connectivity index (χ3n) is 3.50. The van der Waals surface area contributed by atoms with Crippen LogP contribution in [0.3, 0.4) is 0 Å². The SMILES string of the molecule is O=C(CCCc1cccs1)Nc1ncc(Cc2ccc(F)cc2)s1. The van der Waals surface area contributed by atoms with Gasteiger partial charge in [0, 0.05) is 28.8 Å². The Morgan fingerprint density at radius 3 is 2.75 bits per heavy atom. The van der Waals surface area contributed by atoms with Gasteiger partial charge in [-0.05, 0) is 42.0 Å². The van der Waals surface area contributed by atoms with Crippen molar-refractivity contribution in [3.63, 3.8) is 0 Å². The van der Waals surface area contributed by atoms with E-state index in [9.17, 15) is 9.18 Å². The lowest BCUT2D eigenvalue weighted by Crippen LogP contribution is -2.11. The number of nitrogens with zero attached hydrogens (tertiary/aromatic N) is 1. The number of benzene rings is 1. The zero-order valence-electron chi connectivity index (χ0n) is 13.0. The number of amides is 1. The van der Waals surface area contributed by atoms with E-state index in [1.54, 1.807) is 29.7 Å². The van der Waals surface area contributed by atoms with E-state index in [4.69, 9.17) is 0 Å². The molecule has 0 spiro atoms. The number of nitrogens with one attached hydrogen (secondary N) is 1. The first kappa shape index (κ1) is 16.8. The number of thiophene rings is 1. The Labute approximate surface area is 148 Å². The van der Waals surface area contributed by atoms with Gasteiger partial charge in [-0.2, -0.15) is 0 Å². The molecule has 1 N–H and O–H groups in total. The maximum atomic E-state index is 12.9. The fraction of sp³-hybridized carbons (Fsp3) is 0.222. The normalized spacial score (nSPS) is 10.7. The van der Waals surface area contributed by atoms with Crippen molar-refractivity contribution in [2.24, 2.45) is 0 Å². The van der Waals surface area contributed by atoms with Gasteiger partial charge in [0.05, 0.1) is 0 Å². The molecule has 0 aliphatic carbocycles. The van der Waals surface area contributed by atoms with Crippen molar-refractivity contribution in [3.05, 3.63) is 69.1 Å². The molecule has 2 heterocycles. The first-order chi connectivity index (χ1) is 11.7. The van der Waals surface area contributed by atoms with Gasteiger partial charge in [0.15, 0.2) is 5.13 Å². The molecular formula is C18H17FN2OS2. The highest BCUT2D eigenvalue weighted by atomic mass is 32.1. The van der Waals surface area contributed by atoms with Crippen LogP contribution in [0.4, 0.5) is 9.52 Å². The summed E-state index contributed by atoms with van der Waals surface area (Å²) >= 11 is 3.17. The van der Waals surface area contributed by atoms with E-state index in [1.807, 2.05) is 11.4 Å². The van der Waals surface area contributed by atoms with Crippen molar-refractivity contribution in [1.82, 2.24) is 4.98 Å². The number of aryl methyl sites for hydroxylation is 1. The lowest BCUT2D eigenvalue weighted by atomic mass is 10.1. The smallest absolute Gasteiger partial charge is 0.226 e. The first-order valence-electron chi connectivity index (χ1n) is 7.70. The van der Waals surface area contributed by atoms with Crippen LogP contribution in [0.25, 0.3) is 0 Å². The third-order valence-corrected chi connectivity index (χ3v) is 5.35. The number of aromatic nitrogens is 1. The summed E-state index contributed by atoms with van der Waals surface area (Å²) in [5.74, 6) is -0.243. The Bertz CT molecular complexity index is 782. The highest BCUT2D eigenvalue weighted by Crippen LogP contribution is 2.22. The Kier molecular flexibility index (Phi) is 5.72. The molecule has 0 aliphatic rings. The van der Waals surface area contributed by atoms with E-state index in [1.165, 1.54) is 28.3 Å². The molecule has 24 heavy (non-hydrogen) atoms. The van der Waals surface area contributed by atoms with Crippen LogP contribution in [0.2, 0.25) is 0 Å². The molecular weight excluding hydrogens is 343 g/mol. The summed E-state index contributed by atoms with van der Waals surface area (Å²) in [7, 11) is 0. The molecule has 0 fully saturated rings. The summed E-state index contributed by atoms with van der Waals surface area (Å²) < 4.78 is 12.9. The van der Waals surface area contributed by atoms with Gasteiger partial charge in [-0.1, -0.05) is 18.2 Å². The second-order valence-electron chi connectivity index (χ2n) is 5.42. The maximum absolute atomic E-state index is 12.9. The number of halogens is 1. The molecule has 3 nitrogen and oxygen atoms in total. The van der Waals surface area contributed by atoms with Crippen molar-refractivity contribution in [1.29, 1.82) is 0 Å². The molecule has 0 atom stereocenters. The Hall–Kier alpha value is -2.05. The topological polar surface area (TPSA) is 42.0 Å². The van der Waals surface area contributed by atoms with E-state index in [0.29, 0.717) is 18.0 Å². The number of carbonyl (C=O) groups is 1. The zero-order chi connectivity index (χ0) is 16.8. The van der Waals surface area contributed by atoms with Gasteiger partial charge in [-0.25, -0.2) is 9.37 Å². The summed E-state index contributed by atoms with van der Waals surface area (Å²) in [6, 6.07) is 10.5. The van der Waals surface area contributed by atoms with Crippen LogP contribution in [-0.4, -0.2) is 10.9 Å². The van der Waals surface area contributed by atoms with Crippen LogP contribution in [-0.2, 0) is 17.6 Å². The Morgan fingerprint density at radius 2 is 2.00 bits per heavy atom. The van der Waals surface area contributed by atoms with Gasteiger partial charge in [0.1, 0.15) is 5.82 Å². The van der Waals surface area contributed by atoms with Gasteiger partial charge in [0.2, 0.25) is 5.91 Å². The molecule has 0 unspecified atom stereocenters. The molecule has 1 aromatic carbocycles. The number of anilines is 1. The minimum absolute atomic E-state index is 0.00533. The molecule has 3 aromatic rings. The lowest BCUT2D eigenvalue weighted by molar-refractivity contribution is -0.116. The van der Waals surface area contributed by atoms with Crippen molar-refractivity contribution in [3.8, 4) is 0 Å². The van der Waals surface area contributed by atoms with Gasteiger partial charge >= 0.3 is 0 Å². The minimum atomic E-state index is -0.237. The van der Waals surface area contributed by atoms with Crippen molar-refractivity contribution in [2.75, 3.05) is 5.32 Å². The molecule has 2 aromatic heterocycles. The summed E-state index contributed by atoms with van der Waals surface area (Å²) in [5, 5.41) is 5.52. The molecule has 0 aliphatic heterocycles. The number of carbonyl (C=O) groups excluding carboxylic acids is 1. The number of hydrogen-bond acceptors (Lipinski definition) is 4. The zero-order valence-corrected chi connectivity index (χ0v) is 14.6. The second kappa shape index (κ2) is 8.17. The van der Waals surface area contributed by atoms with E-state index in [0.717, 1.165) is 23.3 Å². The summed E-state index contributed by atoms with van der Waals surface area (Å²) in [4.78, 5) is 18.5. The molecule has 0 bridgehead atoms. The van der Waals surface area contributed by atoms with Crippen LogP contribution in [0.15, 0.2) is 48.0 Å². The summed E-state index contributed by atoms with van der Waals surface area (Å²) in [6.07, 6.45) is 4.70. The monoisotopic (exact) mass is 360 g/mol. The first-order valence-corrected chi connectivity index (χ1v) is 9.40. The second-order valence-corrected chi connectivity index (χ2v) is 7.56. The van der Waals surface area contributed by atoms with E-state index >= 15 is 0 Å². The summed E-state index contributed by atoms with van der Waals surface area (Å²) in [5.41, 5.74) is 1.02. The molecule has 0 saturated heterocycles.